The van der Waals surface area contributed by atoms with E-state index >= 15 is 0 Å². The first-order chi connectivity index (χ1) is 17.8. The van der Waals surface area contributed by atoms with Gasteiger partial charge in [0.05, 0.1) is 17.1 Å². The summed E-state index contributed by atoms with van der Waals surface area (Å²) in [6, 6.07) is 16.8. The summed E-state index contributed by atoms with van der Waals surface area (Å²) in [5, 5.41) is 0. The Balaban J connectivity index is 1.78. The lowest BCUT2D eigenvalue weighted by Crippen LogP contribution is -2.23. The fourth-order valence-electron chi connectivity index (χ4n) is 5.41. The summed E-state index contributed by atoms with van der Waals surface area (Å²) in [7, 11) is 3.89. The molecule has 2 unspecified atom stereocenters. The first-order valence-electron chi connectivity index (χ1n) is 12.4. The topological polar surface area (TPSA) is 73.4 Å². The number of rotatable bonds is 8. The number of fused-ring (bicyclic) bond motifs is 2. The first kappa shape index (κ1) is 25.0. The normalized spacial score (nSPS) is 15.9. The highest BCUT2D eigenvalue weighted by Gasteiger charge is 2.26. The van der Waals surface area contributed by atoms with Crippen molar-refractivity contribution >= 4 is 17.3 Å². The third-order valence-electron chi connectivity index (χ3n) is 7.19. The van der Waals surface area contributed by atoms with Crippen LogP contribution in [0.4, 0.5) is 8.78 Å². The van der Waals surface area contributed by atoms with Crippen LogP contribution in [0.1, 0.15) is 59.2 Å². The zero-order valence-corrected chi connectivity index (χ0v) is 21.1. The van der Waals surface area contributed by atoms with Crippen LogP contribution in [0.5, 0.6) is 5.75 Å². The molecule has 8 heteroatoms. The van der Waals surface area contributed by atoms with E-state index in [1.54, 1.807) is 10.6 Å². The highest BCUT2D eigenvalue weighted by molar-refractivity contribution is 5.89. The van der Waals surface area contributed by atoms with E-state index < -0.39 is 6.61 Å². The molecule has 0 saturated carbocycles. The number of carbonyl (C=O) groups excluding carboxylic acids is 1. The average Bonchev–Trinajstić information content (AvgIpc) is 3.43. The summed E-state index contributed by atoms with van der Waals surface area (Å²) in [5.41, 5.74) is 12.6. The van der Waals surface area contributed by atoms with Crippen molar-refractivity contribution < 1.29 is 18.3 Å². The Kier molecular flexibility index (Phi) is 6.79. The number of alkyl halides is 2. The molecular weight excluding hydrogens is 474 g/mol. The number of aldehydes is 1. The van der Waals surface area contributed by atoms with Crippen LogP contribution in [-0.4, -0.2) is 41.4 Å². The number of hydrogen-bond donors (Lipinski definition) is 1. The summed E-state index contributed by atoms with van der Waals surface area (Å²) < 4.78 is 33.5. The molecule has 1 heterocycles. The predicted molar refractivity (Wildman–Crippen MR) is 140 cm³/mol. The molecule has 2 N–H and O–H groups in total. The van der Waals surface area contributed by atoms with E-state index in [0.29, 0.717) is 23.1 Å². The number of ether oxygens (including phenoxy) is 1. The SMILES string of the molecule is CCC(c1nc2ccc(-c3ccc4c(c3)CCC4N)cc2n1-c1c(C=O)cccc1OC(F)F)N(C)C. The van der Waals surface area contributed by atoms with Gasteiger partial charge < -0.3 is 10.5 Å². The van der Waals surface area contributed by atoms with Crippen LogP contribution in [0.3, 0.4) is 0 Å². The lowest BCUT2D eigenvalue weighted by Gasteiger charge is -2.25. The number of halogens is 2. The number of benzene rings is 3. The molecule has 1 aliphatic rings. The van der Waals surface area contributed by atoms with E-state index in [1.165, 1.54) is 23.3 Å². The molecule has 3 aromatic carbocycles. The molecule has 5 rings (SSSR count). The molecule has 1 aromatic heterocycles. The molecule has 37 heavy (non-hydrogen) atoms. The summed E-state index contributed by atoms with van der Waals surface area (Å²) in [5.74, 6) is 0.568. The summed E-state index contributed by atoms with van der Waals surface area (Å²) in [4.78, 5) is 19.1. The lowest BCUT2D eigenvalue weighted by molar-refractivity contribution is -0.0498. The molecule has 0 bridgehead atoms. The van der Waals surface area contributed by atoms with E-state index in [-0.39, 0.29) is 29.1 Å². The van der Waals surface area contributed by atoms with Gasteiger partial charge in [-0.2, -0.15) is 8.78 Å². The van der Waals surface area contributed by atoms with Crippen molar-refractivity contribution in [3.8, 4) is 22.6 Å². The molecule has 192 valence electrons. The van der Waals surface area contributed by atoms with Gasteiger partial charge in [0.1, 0.15) is 11.5 Å². The standard InChI is InChI=1S/C29H30F2N4O2/c1-4-24(34(2)3)28-33-23-13-10-18(17-8-11-21-19(14-17)9-12-22(21)32)15-25(23)35(28)27-20(16-36)6-5-7-26(27)37-29(30)31/h5-8,10-11,13-16,22,24,29H,4,9,12,32H2,1-3H3. The van der Waals surface area contributed by atoms with Crippen molar-refractivity contribution in [1.29, 1.82) is 0 Å². The van der Waals surface area contributed by atoms with Gasteiger partial charge in [-0.25, -0.2) is 4.98 Å². The van der Waals surface area contributed by atoms with Crippen LogP contribution in [0.25, 0.3) is 27.8 Å². The van der Waals surface area contributed by atoms with Crippen molar-refractivity contribution in [2.24, 2.45) is 5.73 Å². The van der Waals surface area contributed by atoms with Crippen LogP contribution in [0, 0.1) is 0 Å². The van der Waals surface area contributed by atoms with Crippen molar-refractivity contribution in [3.63, 3.8) is 0 Å². The molecule has 0 fully saturated rings. The highest BCUT2D eigenvalue weighted by Crippen LogP contribution is 2.38. The fourth-order valence-corrected chi connectivity index (χ4v) is 5.41. The van der Waals surface area contributed by atoms with Crippen molar-refractivity contribution in [3.05, 3.63) is 77.1 Å². The van der Waals surface area contributed by atoms with Gasteiger partial charge in [-0.3, -0.25) is 14.3 Å². The molecule has 6 nitrogen and oxygen atoms in total. The van der Waals surface area contributed by atoms with Gasteiger partial charge >= 0.3 is 6.61 Å². The quantitative estimate of drug-likeness (QED) is 0.295. The van der Waals surface area contributed by atoms with E-state index in [9.17, 15) is 13.6 Å². The third kappa shape index (κ3) is 4.51. The number of para-hydroxylation sites is 1. The summed E-state index contributed by atoms with van der Waals surface area (Å²) >= 11 is 0. The molecule has 0 amide bonds. The van der Waals surface area contributed by atoms with Gasteiger partial charge in [0.2, 0.25) is 0 Å². The van der Waals surface area contributed by atoms with E-state index in [0.717, 1.165) is 30.4 Å². The molecule has 2 atom stereocenters. The van der Waals surface area contributed by atoms with Gasteiger partial charge in [0.15, 0.2) is 12.0 Å². The summed E-state index contributed by atoms with van der Waals surface area (Å²) in [6.07, 6.45) is 3.26. The molecule has 0 spiro atoms. The maximum atomic E-state index is 13.4. The number of nitrogens with zero attached hydrogens (tertiary/aromatic N) is 3. The predicted octanol–water partition coefficient (Wildman–Crippen LogP) is 6.07. The number of aromatic nitrogens is 2. The van der Waals surface area contributed by atoms with E-state index in [1.807, 2.05) is 44.1 Å². The minimum atomic E-state index is -3.04. The number of hydrogen-bond acceptors (Lipinski definition) is 5. The number of aryl methyl sites for hydroxylation is 1. The Morgan fingerprint density at radius 1 is 1.16 bits per heavy atom. The Bertz CT molecular complexity index is 1460. The zero-order valence-electron chi connectivity index (χ0n) is 21.1. The molecule has 0 radical (unpaired) electrons. The zero-order chi connectivity index (χ0) is 26.3. The monoisotopic (exact) mass is 504 g/mol. The molecular formula is C29H30F2N4O2. The highest BCUT2D eigenvalue weighted by atomic mass is 19.3. The Morgan fingerprint density at radius 3 is 2.62 bits per heavy atom. The van der Waals surface area contributed by atoms with E-state index in [4.69, 9.17) is 15.5 Å². The maximum Gasteiger partial charge on any atom is 0.387 e. The summed E-state index contributed by atoms with van der Waals surface area (Å²) in [6.45, 7) is -1.000. The molecule has 0 aliphatic heterocycles. The smallest absolute Gasteiger partial charge is 0.387 e. The van der Waals surface area contributed by atoms with Crippen molar-refractivity contribution in [2.45, 2.75) is 44.9 Å². The molecule has 0 saturated heterocycles. The second-order valence-corrected chi connectivity index (χ2v) is 9.65. The fraction of sp³-hybridized carbons (Fsp3) is 0.310. The van der Waals surface area contributed by atoms with Crippen LogP contribution in [0.15, 0.2) is 54.6 Å². The van der Waals surface area contributed by atoms with Crippen LogP contribution < -0.4 is 10.5 Å². The van der Waals surface area contributed by atoms with Gasteiger partial charge in [-0.05, 0) is 79.9 Å². The molecule has 4 aromatic rings. The van der Waals surface area contributed by atoms with Gasteiger partial charge in [0, 0.05) is 11.6 Å². The largest absolute Gasteiger partial charge is 0.433 e. The minimum Gasteiger partial charge on any atom is -0.433 e. The van der Waals surface area contributed by atoms with Crippen LogP contribution in [0.2, 0.25) is 0 Å². The van der Waals surface area contributed by atoms with Gasteiger partial charge in [-0.1, -0.05) is 37.3 Å². The van der Waals surface area contributed by atoms with Gasteiger partial charge in [-0.15, -0.1) is 0 Å². The number of carbonyl (C=O) groups is 1. The van der Waals surface area contributed by atoms with E-state index in [2.05, 4.69) is 18.2 Å². The Labute approximate surface area is 214 Å². The van der Waals surface area contributed by atoms with Gasteiger partial charge in [0.25, 0.3) is 0 Å². The first-order valence-corrected chi connectivity index (χ1v) is 12.4. The number of imidazole rings is 1. The average molecular weight is 505 g/mol. The maximum absolute atomic E-state index is 13.4. The second-order valence-electron chi connectivity index (χ2n) is 9.65. The Hall–Kier alpha value is -3.62. The van der Waals surface area contributed by atoms with Crippen LogP contribution in [-0.2, 0) is 6.42 Å². The van der Waals surface area contributed by atoms with Crippen LogP contribution >= 0.6 is 0 Å². The van der Waals surface area contributed by atoms with Crippen molar-refractivity contribution in [2.75, 3.05) is 14.1 Å². The Morgan fingerprint density at radius 2 is 1.92 bits per heavy atom. The minimum absolute atomic E-state index is 0.0700. The number of nitrogens with two attached hydrogens (primary N) is 1. The van der Waals surface area contributed by atoms with Crippen molar-refractivity contribution in [1.82, 2.24) is 14.5 Å². The second kappa shape index (κ2) is 10.0. The molecule has 1 aliphatic carbocycles. The lowest BCUT2D eigenvalue weighted by atomic mass is 9.99. The third-order valence-corrected chi connectivity index (χ3v) is 7.19.